The van der Waals surface area contributed by atoms with Crippen molar-refractivity contribution in [2.24, 2.45) is 5.92 Å². The maximum absolute atomic E-state index is 12.5. The molecule has 0 radical (unpaired) electrons. The molecule has 22 heavy (non-hydrogen) atoms. The molecule has 5 heteroatoms. The number of carbonyl (C=O) groups is 1. The second-order valence-corrected chi connectivity index (χ2v) is 6.75. The van der Waals surface area contributed by atoms with Crippen molar-refractivity contribution in [3.05, 3.63) is 29.6 Å². The lowest BCUT2D eigenvalue weighted by molar-refractivity contribution is -0.00797. The minimum Gasteiger partial charge on any atom is -0.381 e. The Hall–Kier alpha value is -1.46. The van der Waals surface area contributed by atoms with Gasteiger partial charge in [-0.2, -0.15) is 0 Å². The van der Waals surface area contributed by atoms with Gasteiger partial charge in [-0.1, -0.05) is 0 Å². The lowest BCUT2D eigenvalue weighted by Gasteiger charge is -2.52. The summed E-state index contributed by atoms with van der Waals surface area (Å²) < 4.78 is 5.57. The third kappa shape index (κ3) is 2.75. The van der Waals surface area contributed by atoms with Crippen LogP contribution in [0.15, 0.2) is 18.5 Å². The number of rotatable bonds is 4. The fraction of sp³-hybridized carbons (Fsp3) is 0.647. The second kappa shape index (κ2) is 5.97. The molecule has 0 aliphatic carbocycles. The molecule has 1 spiro atoms. The van der Waals surface area contributed by atoms with Gasteiger partial charge in [0, 0.05) is 38.6 Å². The largest absolute Gasteiger partial charge is 0.381 e. The number of hydrogen-bond acceptors (Lipinski definition) is 4. The fourth-order valence-electron chi connectivity index (χ4n) is 3.77. The number of nitrogens with zero attached hydrogens (tertiary/aromatic N) is 3. The van der Waals surface area contributed by atoms with Crippen LogP contribution in [0.1, 0.15) is 29.3 Å². The van der Waals surface area contributed by atoms with Crippen LogP contribution in [0.3, 0.4) is 0 Å². The Morgan fingerprint density at radius 2 is 2.23 bits per heavy atom. The summed E-state index contributed by atoms with van der Waals surface area (Å²) in [4.78, 5) is 21.0. The van der Waals surface area contributed by atoms with Gasteiger partial charge >= 0.3 is 0 Å². The quantitative estimate of drug-likeness (QED) is 0.847. The van der Waals surface area contributed by atoms with E-state index in [1.165, 1.54) is 0 Å². The molecular formula is C17H25N3O2. The summed E-state index contributed by atoms with van der Waals surface area (Å²) in [5, 5.41) is 0. The number of aromatic nitrogens is 1. The van der Waals surface area contributed by atoms with E-state index in [2.05, 4.69) is 16.9 Å². The molecule has 2 aliphatic rings. The SMILES string of the molecule is CCOC[C@H]1CN(C)C2(C1)CN(C(=O)c1cncc(C)c1)C2. The zero-order chi connectivity index (χ0) is 15.7. The van der Waals surface area contributed by atoms with Crippen LogP contribution in [-0.4, -0.2) is 66.1 Å². The van der Waals surface area contributed by atoms with Crippen LogP contribution in [0.25, 0.3) is 0 Å². The van der Waals surface area contributed by atoms with Crippen LogP contribution in [0.4, 0.5) is 0 Å². The molecule has 120 valence electrons. The molecule has 2 aliphatic heterocycles. The Bertz CT molecular complexity index is 555. The average molecular weight is 303 g/mol. The lowest BCUT2D eigenvalue weighted by atomic mass is 9.84. The number of carbonyl (C=O) groups excluding carboxylic acids is 1. The van der Waals surface area contributed by atoms with E-state index in [-0.39, 0.29) is 11.4 Å². The molecule has 0 unspecified atom stereocenters. The van der Waals surface area contributed by atoms with Crippen molar-refractivity contribution in [3.63, 3.8) is 0 Å². The number of likely N-dealkylation sites (N-methyl/N-ethyl adjacent to an activating group) is 1. The molecule has 1 aromatic rings. The Kier molecular flexibility index (Phi) is 4.19. The van der Waals surface area contributed by atoms with Gasteiger partial charge in [-0.15, -0.1) is 0 Å². The van der Waals surface area contributed by atoms with Gasteiger partial charge in [-0.05, 0) is 44.9 Å². The smallest absolute Gasteiger partial charge is 0.255 e. The molecule has 0 aromatic carbocycles. The minimum atomic E-state index is 0.100. The minimum absolute atomic E-state index is 0.100. The molecule has 0 bridgehead atoms. The first kappa shape index (κ1) is 15.4. The van der Waals surface area contributed by atoms with Crippen molar-refractivity contribution in [1.82, 2.24) is 14.8 Å². The highest BCUT2D eigenvalue weighted by molar-refractivity contribution is 5.94. The predicted octanol–water partition coefficient (Wildman–Crippen LogP) is 1.57. The second-order valence-electron chi connectivity index (χ2n) is 6.75. The number of ether oxygens (including phenoxy) is 1. The van der Waals surface area contributed by atoms with E-state index in [9.17, 15) is 4.79 Å². The summed E-state index contributed by atoms with van der Waals surface area (Å²) in [6.45, 7) is 8.31. The van der Waals surface area contributed by atoms with E-state index in [4.69, 9.17) is 4.74 Å². The molecule has 2 fully saturated rings. The molecule has 5 nitrogen and oxygen atoms in total. The molecule has 0 N–H and O–H groups in total. The van der Waals surface area contributed by atoms with Crippen LogP contribution in [0, 0.1) is 12.8 Å². The number of hydrogen-bond donors (Lipinski definition) is 0. The average Bonchev–Trinajstić information content (AvgIpc) is 2.79. The topological polar surface area (TPSA) is 45.7 Å². The summed E-state index contributed by atoms with van der Waals surface area (Å²) >= 11 is 0. The summed E-state index contributed by atoms with van der Waals surface area (Å²) in [7, 11) is 2.17. The van der Waals surface area contributed by atoms with E-state index in [1.54, 1.807) is 12.4 Å². The summed E-state index contributed by atoms with van der Waals surface area (Å²) in [6, 6.07) is 1.91. The van der Waals surface area contributed by atoms with Gasteiger partial charge in [0.15, 0.2) is 0 Å². The van der Waals surface area contributed by atoms with E-state index >= 15 is 0 Å². The standard InChI is InChI=1S/C17H25N3O2/c1-4-22-10-14-6-17(19(3)9-14)11-20(12-17)16(21)15-5-13(2)7-18-8-15/h5,7-8,14H,4,6,9-12H2,1-3H3/t14-/m1/s1. The van der Waals surface area contributed by atoms with Crippen LogP contribution in [0.5, 0.6) is 0 Å². The Morgan fingerprint density at radius 1 is 1.45 bits per heavy atom. The third-order valence-electron chi connectivity index (χ3n) is 4.95. The van der Waals surface area contributed by atoms with Crippen LogP contribution in [0.2, 0.25) is 0 Å². The first-order valence-electron chi connectivity index (χ1n) is 8.04. The van der Waals surface area contributed by atoms with Gasteiger partial charge in [0.25, 0.3) is 5.91 Å². The van der Waals surface area contributed by atoms with Gasteiger partial charge in [-0.3, -0.25) is 14.7 Å². The van der Waals surface area contributed by atoms with Crippen molar-refractivity contribution in [3.8, 4) is 0 Å². The van der Waals surface area contributed by atoms with E-state index in [0.29, 0.717) is 11.5 Å². The van der Waals surface area contributed by atoms with Gasteiger partial charge in [0.05, 0.1) is 17.7 Å². The highest BCUT2D eigenvalue weighted by Gasteiger charge is 2.53. The van der Waals surface area contributed by atoms with Gasteiger partial charge in [0.1, 0.15) is 0 Å². The van der Waals surface area contributed by atoms with Crippen LogP contribution in [-0.2, 0) is 4.74 Å². The van der Waals surface area contributed by atoms with Crippen molar-refractivity contribution in [1.29, 1.82) is 0 Å². The molecule has 1 atom stereocenters. The van der Waals surface area contributed by atoms with Gasteiger partial charge in [-0.25, -0.2) is 0 Å². The maximum atomic E-state index is 12.5. The van der Waals surface area contributed by atoms with Crippen LogP contribution < -0.4 is 0 Å². The summed E-state index contributed by atoms with van der Waals surface area (Å²) in [5.41, 5.74) is 1.88. The van der Waals surface area contributed by atoms with Crippen molar-refractivity contribution in [2.45, 2.75) is 25.8 Å². The molecular weight excluding hydrogens is 278 g/mol. The maximum Gasteiger partial charge on any atom is 0.255 e. The third-order valence-corrected chi connectivity index (χ3v) is 4.95. The lowest BCUT2D eigenvalue weighted by Crippen LogP contribution is -2.68. The van der Waals surface area contributed by atoms with Gasteiger partial charge in [0.2, 0.25) is 0 Å². The molecule has 2 saturated heterocycles. The monoisotopic (exact) mass is 303 g/mol. The molecule has 1 amide bonds. The highest BCUT2D eigenvalue weighted by atomic mass is 16.5. The molecule has 3 rings (SSSR count). The number of aryl methyl sites for hydroxylation is 1. The van der Waals surface area contributed by atoms with Crippen molar-refractivity contribution >= 4 is 5.91 Å². The zero-order valence-corrected chi connectivity index (χ0v) is 13.7. The van der Waals surface area contributed by atoms with E-state index < -0.39 is 0 Å². The first-order chi connectivity index (χ1) is 10.5. The molecule has 0 saturated carbocycles. The van der Waals surface area contributed by atoms with E-state index in [1.807, 2.05) is 24.8 Å². The number of pyridine rings is 1. The predicted molar refractivity (Wildman–Crippen MR) is 84.8 cm³/mol. The number of amides is 1. The number of likely N-dealkylation sites (tertiary alicyclic amines) is 2. The zero-order valence-electron chi connectivity index (χ0n) is 13.7. The Morgan fingerprint density at radius 3 is 2.91 bits per heavy atom. The van der Waals surface area contributed by atoms with Crippen molar-refractivity contribution in [2.75, 3.05) is 39.9 Å². The first-order valence-corrected chi connectivity index (χ1v) is 8.04. The normalized spacial score (nSPS) is 23.8. The van der Waals surface area contributed by atoms with E-state index in [0.717, 1.165) is 44.8 Å². The molecule has 3 heterocycles. The van der Waals surface area contributed by atoms with Crippen LogP contribution >= 0.6 is 0 Å². The fourth-order valence-corrected chi connectivity index (χ4v) is 3.77. The Balaban J connectivity index is 1.60. The highest BCUT2D eigenvalue weighted by Crippen LogP contribution is 2.39. The van der Waals surface area contributed by atoms with Crippen molar-refractivity contribution < 1.29 is 9.53 Å². The summed E-state index contributed by atoms with van der Waals surface area (Å²) in [5.74, 6) is 0.686. The van der Waals surface area contributed by atoms with Gasteiger partial charge < -0.3 is 9.64 Å². The molecule has 1 aromatic heterocycles. The summed E-state index contributed by atoms with van der Waals surface area (Å²) in [6.07, 6.45) is 4.56. The Labute approximate surface area is 132 Å².